The van der Waals surface area contributed by atoms with Crippen molar-refractivity contribution in [2.75, 3.05) is 6.26 Å². The van der Waals surface area contributed by atoms with Crippen molar-refractivity contribution < 1.29 is 23.0 Å². The molecule has 2 N–H and O–H groups in total. The van der Waals surface area contributed by atoms with Crippen LogP contribution in [0.25, 0.3) is 0 Å². The molecule has 0 saturated heterocycles. The SMILES string of the molecule is CS(=O)(=O)c1cc(O)c(CC2(O)CC2)cc1F. The highest BCUT2D eigenvalue weighted by Crippen LogP contribution is 2.40. The van der Waals surface area contributed by atoms with Crippen molar-refractivity contribution >= 4 is 9.84 Å². The van der Waals surface area contributed by atoms with Gasteiger partial charge in [-0.15, -0.1) is 0 Å². The third-order valence-electron chi connectivity index (χ3n) is 2.88. The molecule has 0 radical (unpaired) electrons. The molecule has 1 aromatic carbocycles. The van der Waals surface area contributed by atoms with E-state index in [1.165, 1.54) is 0 Å². The van der Waals surface area contributed by atoms with Gasteiger partial charge < -0.3 is 10.2 Å². The summed E-state index contributed by atoms with van der Waals surface area (Å²) in [6.45, 7) is 0. The number of aromatic hydroxyl groups is 1. The highest BCUT2D eigenvalue weighted by Gasteiger charge is 2.41. The molecule has 6 heteroatoms. The lowest BCUT2D eigenvalue weighted by Gasteiger charge is -2.11. The summed E-state index contributed by atoms with van der Waals surface area (Å²) in [6.07, 6.45) is 2.24. The summed E-state index contributed by atoms with van der Waals surface area (Å²) in [4.78, 5) is -0.526. The minimum Gasteiger partial charge on any atom is -0.508 e. The van der Waals surface area contributed by atoms with Crippen molar-refractivity contribution in [3.05, 3.63) is 23.5 Å². The lowest BCUT2D eigenvalue weighted by molar-refractivity contribution is 0.150. The number of sulfone groups is 1. The van der Waals surface area contributed by atoms with E-state index in [1.54, 1.807) is 0 Å². The average molecular weight is 260 g/mol. The predicted octanol–water partition coefficient (Wildman–Crippen LogP) is 1.00. The molecule has 94 valence electrons. The van der Waals surface area contributed by atoms with Gasteiger partial charge in [-0.2, -0.15) is 0 Å². The van der Waals surface area contributed by atoms with Crippen LogP contribution in [0.4, 0.5) is 4.39 Å². The molecule has 0 amide bonds. The van der Waals surface area contributed by atoms with Crippen LogP contribution in [0.3, 0.4) is 0 Å². The zero-order valence-electron chi connectivity index (χ0n) is 9.27. The third kappa shape index (κ3) is 2.58. The molecule has 0 bridgehead atoms. The fraction of sp³-hybridized carbons (Fsp3) is 0.455. The Balaban J connectivity index is 2.41. The second-order valence-corrected chi connectivity index (χ2v) is 6.57. The monoisotopic (exact) mass is 260 g/mol. The van der Waals surface area contributed by atoms with Gasteiger partial charge in [0, 0.05) is 18.7 Å². The third-order valence-corrected chi connectivity index (χ3v) is 3.99. The van der Waals surface area contributed by atoms with Crippen LogP contribution in [-0.2, 0) is 16.3 Å². The van der Waals surface area contributed by atoms with E-state index >= 15 is 0 Å². The van der Waals surface area contributed by atoms with Crippen LogP contribution >= 0.6 is 0 Å². The summed E-state index contributed by atoms with van der Waals surface area (Å²) < 4.78 is 36.0. The highest BCUT2D eigenvalue weighted by atomic mass is 32.2. The summed E-state index contributed by atoms with van der Waals surface area (Å²) in [6, 6.07) is 1.87. The standard InChI is InChI=1S/C11H13FO4S/c1-17(15,16)10-5-9(13)7(4-8(10)12)6-11(14)2-3-11/h4-5,13-14H,2-3,6H2,1H3. The Morgan fingerprint density at radius 3 is 2.47 bits per heavy atom. The smallest absolute Gasteiger partial charge is 0.178 e. The fourth-order valence-corrected chi connectivity index (χ4v) is 2.42. The second-order valence-electron chi connectivity index (χ2n) is 4.58. The van der Waals surface area contributed by atoms with Crippen molar-refractivity contribution in [2.45, 2.75) is 29.8 Å². The van der Waals surface area contributed by atoms with Crippen LogP contribution in [0.2, 0.25) is 0 Å². The van der Waals surface area contributed by atoms with E-state index in [4.69, 9.17) is 0 Å². The number of hydrogen-bond acceptors (Lipinski definition) is 4. The maximum absolute atomic E-state index is 13.5. The van der Waals surface area contributed by atoms with Crippen LogP contribution < -0.4 is 0 Å². The molecule has 1 fully saturated rings. The van der Waals surface area contributed by atoms with Gasteiger partial charge in [0.15, 0.2) is 9.84 Å². The van der Waals surface area contributed by atoms with Crippen LogP contribution in [0.1, 0.15) is 18.4 Å². The molecule has 1 saturated carbocycles. The highest BCUT2D eigenvalue weighted by molar-refractivity contribution is 7.90. The van der Waals surface area contributed by atoms with Gasteiger partial charge in [0.2, 0.25) is 0 Å². The Morgan fingerprint density at radius 1 is 1.41 bits per heavy atom. The molecule has 0 heterocycles. The molecule has 0 atom stereocenters. The van der Waals surface area contributed by atoms with E-state index in [0.717, 1.165) is 18.4 Å². The normalized spacial score (nSPS) is 18.1. The first-order valence-corrected chi connectivity index (χ1v) is 7.04. The van der Waals surface area contributed by atoms with Crippen molar-refractivity contribution in [3.63, 3.8) is 0 Å². The number of benzene rings is 1. The molecule has 2 rings (SSSR count). The number of rotatable bonds is 3. The first kappa shape index (κ1) is 12.3. The zero-order valence-corrected chi connectivity index (χ0v) is 10.1. The largest absolute Gasteiger partial charge is 0.508 e. The van der Waals surface area contributed by atoms with Crippen molar-refractivity contribution in [2.24, 2.45) is 0 Å². The summed E-state index contributed by atoms with van der Waals surface area (Å²) in [5.74, 6) is -1.20. The van der Waals surface area contributed by atoms with Gasteiger partial charge >= 0.3 is 0 Å². The van der Waals surface area contributed by atoms with Gasteiger partial charge in [-0.25, -0.2) is 12.8 Å². The molecule has 1 aliphatic rings. The lowest BCUT2D eigenvalue weighted by Crippen LogP contribution is -2.12. The van der Waals surface area contributed by atoms with E-state index in [2.05, 4.69) is 0 Å². The van der Waals surface area contributed by atoms with Crippen molar-refractivity contribution in [1.29, 1.82) is 0 Å². The molecule has 4 nitrogen and oxygen atoms in total. The van der Waals surface area contributed by atoms with Gasteiger partial charge in [0.25, 0.3) is 0 Å². The molecule has 17 heavy (non-hydrogen) atoms. The Labute approximate surface area is 98.6 Å². The van der Waals surface area contributed by atoms with E-state index in [0.29, 0.717) is 12.8 Å². The van der Waals surface area contributed by atoms with E-state index in [9.17, 15) is 23.0 Å². The average Bonchev–Trinajstić information content (AvgIpc) is 2.87. The summed E-state index contributed by atoms with van der Waals surface area (Å²) in [5, 5.41) is 19.3. The van der Waals surface area contributed by atoms with Crippen molar-refractivity contribution in [3.8, 4) is 5.75 Å². The van der Waals surface area contributed by atoms with Gasteiger partial charge in [0.05, 0.1) is 5.60 Å². The first-order chi connectivity index (χ1) is 7.71. The molecular weight excluding hydrogens is 247 g/mol. The number of phenolic OH excluding ortho intramolecular Hbond substituents is 1. The minimum absolute atomic E-state index is 0.139. The van der Waals surface area contributed by atoms with Crippen molar-refractivity contribution in [1.82, 2.24) is 0 Å². The quantitative estimate of drug-likeness (QED) is 0.850. The lowest BCUT2D eigenvalue weighted by atomic mass is 10.1. The summed E-state index contributed by atoms with van der Waals surface area (Å²) in [5.41, 5.74) is -0.633. The molecule has 0 aliphatic heterocycles. The molecule has 0 aromatic heterocycles. The first-order valence-electron chi connectivity index (χ1n) is 5.15. The van der Waals surface area contributed by atoms with Crippen LogP contribution in [0.5, 0.6) is 5.75 Å². The zero-order chi connectivity index (χ0) is 12.8. The van der Waals surface area contributed by atoms with E-state index < -0.39 is 26.2 Å². The topological polar surface area (TPSA) is 74.6 Å². The van der Waals surface area contributed by atoms with Crippen LogP contribution in [-0.4, -0.2) is 30.5 Å². The molecule has 0 unspecified atom stereocenters. The Bertz CT molecular complexity index is 561. The molecule has 0 spiro atoms. The van der Waals surface area contributed by atoms with Gasteiger partial charge in [-0.05, 0) is 24.5 Å². The predicted molar refractivity (Wildman–Crippen MR) is 59.1 cm³/mol. The maximum atomic E-state index is 13.5. The van der Waals surface area contributed by atoms with Gasteiger partial charge in [-0.3, -0.25) is 0 Å². The van der Waals surface area contributed by atoms with Crippen LogP contribution in [0, 0.1) is 5.82 Å². The van der Waals surface area contributed by atoms with Gasteiger partial charge in [0.1, 0.15) is 16.5 Å². The minimum atomic E-state index is -3.70. The van der Waals surface area contributed by atoms with E-state index in [1.807, 2.05) is 0 Å². The number of aliphatic hydroxyl groups is 1. The Morgan fingerprint density at radius 2 is 2.00 bits per heavy atom. The fourth-order valence-electron chi connectivity index (χ4n) is 1.69. The Hall–Kier alpha value is -1.14. The molecule has 1 aliphatic carbocycles. The molecule has 1 aromatic rings. The Kier molecular flexibility index (Phi) is 2.67. The number of hydrogen-bond donors (Lipinski definition) is 2. The maximum Gasteiger partial charge on any atom is 0.178 e. The number of phenols is 1. The van der Waals surface area contributed by atoms with Gasteiger partial charge in [-0.1, -0.05) is 0 Å². The molecular formula is C11H13FO4S. The summed E-state index contributed by atoms with van der Waals surface area (Å²) in [7, 11) is -3.70. The van der Waals surface area contributed by atoms with Crippen LogP contribution in [0.15, 0.2) is 17.0 Å². The van der Waals surface area contributed by atoms with E-state index in [-0.39, 0.29) is 17.7 Å². The summed E-state index contributed by atoms with van der Waals surface area (Å²) >= 11 is 0. The second kappa shape index (κ2) is 3.68. The number of halogens is 1.